The Morgan fingerprint density at radius 3 is 2.61 bits per heavy atom. The van der Waals surface area contributed by atoms with E-state index in [4.69, 9.17) is 9.15 Å². The molecule has 1 atom stereocenters. The van der Waals surface area contributed by atoms with Crippen LogP contribution in [0.15, 0.2) is 41.0 Å². The van der Waals surface area contributed by atoms with Crippen LogP contribution in [0.5, 0.6) is 5.75 Å². The van der Waals surface area contributed by atoms with Gasteiger partial charge < -0.3 is 19.0 Å². The lowest BCUT2D eigenvalue weighted by Crippen LogP contribution is -2.50. The maximum Gasteiger partial charge on any atom is 0.265 e. The third kappa shape index (κ3) is 2.67. The van der Waals surface area contributed by atoms with Gasteiger partial charge in [0.25, 0.3) is 11.8 Å². The van der Waals surface area contributed by atoms with E-state index in [-0.39, 0.29) is 18.4 Å². The lowest BCUT2D eigenvalue weighted by Gasteiger charge is -2.35. The van der Waals surface area contributed by atoms with Gasteiger partial charge in [-0.15, -0.1) is 0 Å². The third-order valence-electron chi connectivity index (χ3n) is 3.82. The summed E-state index contributed by atoms with van der Waals surface area (Å²) in [6, 6.07) is 8.84. The number of amides is 2. The molecule has 0 saturated carbocycles. The second-order valence-corrected chi connectivity index (χ2v) is 5.61. The highest BCUT2D eigenvalue weighted by atomic mass is 16.5. The molecular formula is C17H18N2O4. The average molecular weight is 314 g/mol. The Balaban J connectivity index is 1.99. The number of fused-ring (bicyclic) bond motifs is 1. The number of likely N-dealkylation sites (N-methyl/N-ethyl adjacent to an activating group) is 1. The molecule has 3 rings (SSSR count). The molecule has 2 aromatic rings. The molecule has 0 aliphatic carbocycles. The predicted molar refractivity (Wildman–Crippen MR) is 84.7 cm³/mol. The summed E-state index contributed by atoms with van der Waals surface area (Å²) in [5.74, 6) is 0.688. The summed E-state index contributed by atoms with van der Waals surface area (Å²) >= 11 is 0. The molecule has 0 N–H and O–H groups in total. The van der Waals surface area contributed by atoms with Gasteiger partial charge in [-0.2, -0.15) is 0 Å². The molecular weight excluding hydrogens is 296 g/mol. The quantitative estimate of drug-likeness (QED) is 0.851. The fraction of sp³-hybridized carbons (Fsp3) is 0.294. The summed E-state index contributed by atoms with van der Waals surface area (Å²) in [6.07, 6.45) is 0.758. The van der Waals surface area contributed by atoms with Gasteiger partial charge in [0.1, 0.15) is 11.5 Å². The van der Waals surface area contributed by atoms with Crippen LogP contribution < -0.4 is 9.64 Å². The van der Waals surface area contributed by atoms with Crippen LogP contribution in [0, 0.1) is 6.92 Å². The number of ether oxygens (including phenoxy) is 1. The van der Waals surface area contributed by atoms with Crippen LogP contribution in [0.4, 0.5) is 5.69 Å². The molecule has 120 valence electrons. The first-order valence-electron chi connectivity index (χ1n) is 7.32. The van der Waals surface area contributed by atoms with Crippen molar-refractivity contribution in [3.63, 3.8) is 0 Å². The molecule has 0 saturated heterocycles. The van der Waals surface area contributed by atoms with Crippen molar-refractivity contribution in [3.8, 4) is 5.75 Å². The number of carbonyl (C=O) groups is 2. The van der Waals surface area contributed by atoms with Gasteiger partial charge in [-0.1, -0.05) is 12.1 Å². The maximum absolute atomic E-state index is 12.9. The molecule has 1 unspecified atom stereocenters. The van der Waals surface area contributed by atoms with Crippen molar-refractivity contribution in [2.75, 3.05) is 25.5 Å². The maximum atomic E-state index is 12.9. The number of furan rings is 1. The Bertz CT molecular complexity index is 751. The lowest BCUT2D eigenvalue weighted by atomic mass is 10.1. The molecule has 23 heavy (non-hydrogen) atoms. The second-order valence-electron chi connectivity index (χ2n) is 5.61. The van der Waals surface area contributed by atoms with Crippen molar-refractivity contribution in [3.05, 3.63) is 47.9 Å². The Morgan fingerprint density at radius 1 is 1.22 bits per heavy atom. The molecule has 1 aliphatic heterocycles. The van der Waals surface area contributed by atoms with Crippen molar-refractivity contribution in [1.29, 1.82) is 0 Å². The Labute approximate surface area is 134 Å². The van der Waals surface area contributed by atoms with Gasteiger partial charge in [0.2, 0.25) is 0 Å². The fourth-order valence-electron chi connectivity index (χ4n) is 2.60. The molecule has 0 bridgehead atoms. The van der Waals surface area contributed by atoms with E-state index in [0.29, 0.717) is 22.8 Å². The first kappa shape index (κ1) is 15.1. The molecule has 2 amide bonds. The van der Waals surface area contributed by atoms with Crippen LogP contribution in [0.25, 0.3) is 0 Å². The van der Waals surface area contributed by atoms with Crippen molar-refractivity contribution < 1.29 is 18.7 Å². The summed E-state index contributed by atoms with van der Waals surface area (Å²) in [5.41, 5.74) is 1.14. The van der Waals surface area contributed by atoms with Gasteiger partial charge in [-0.25, -0.2) is 0 Å². The zero-order valence-electron chi connectivity index (χ0n) is 13.3. The van der Waals surface area contributed by atoms with Crippen LogP contribution in [0.1, 0.15) is 16.1 Å². The monoisotopic (exact) mass is 314 g/mol. The van der Waals surface area contributed by atoms with Gasteiger partial charge in [0, 0.05) is 14.1 Å². The highest BCUT2D eigenvalue weighted by Crippen LogP contribution is 2.34. The third-order valence-corrected chi connectivity index (χ3v) is 3.82. The number of carbonyl (C=O) groups excluding carboxylic acids is 2. The number of para-hydroxylation sites is 2. The zero-order valence-corrected chi connectivity index (χ0v) is 13.3. The van der Waals surface area contributed by atoms with E-state index in [0.717, 1.165) is 0 Å². The lowest BCUT2D eigenvalue weighted by molar-refractivity contribution is -0.135. The zero-order chi connectivity index (χ0) is 16.6. The molecule has 2 heterocycles. The van der Waals surface area contributed by atoms with Crippen LogP contribution in [-0.4, -0.2) is 43.5 Å². The largest absolute Gasteiger partial charge is 0.476 e. The predicted octanol–water partition coefficient (Wildman–Crippen LogP) is 2.08. The van der Waals surface area contributed by atoms with E-state index >= 15 is 0 Å². The van der Waals surface area contributed by atoms with E-state index in [9.17, 15) is 9.59 Å². The van der Waals surface area contributed by atoms with Gasteiger partial charge in [-0.05, 0) is 25.1 Å². The summed E-state index contributed by atoms with van der Waals surface area (Å²) in [4.78, 5) is 28.2. The van der Waals surface area contributed by atoms with Crippen molar-refractivity contribution in [2.45, 2.75) is 13.0 Å². The van der Waals surface area contributed by atoms with Crippen molar-refractivity contribution in [1.82, 2.24) is 4.90 Å². The molecule has 6 nitrogen and oxygen atoms in total. The number of benzene rings is 1. The number of anilines is 1. The minimum Gasteiger partial charge on any atom is -0.476 e. The Hall–Kier alpha value is -2.76. The first-order chi connectivity index (χ1) is 11.0. The average Bonchev–Trinajstić information content (AvgIpc) is 2.98. The summed E-state index contributed by atoms with van der Waals surface area (Å²) < 4.78 is 11.0. The fourth-order valence-corrected chi connectivity index (χ4v) is 2.60. The summed E-state index contributed by atoms with van der Waals surface area (Å²) in [7, 11) is 3.33. The van der Waals surface area contributed by atoms with E-state index in [1.807, 2.05) is 12.1 Å². The Kier molecular flexibility index (Phi) is 3.82. The minimum atomic E-state index is -0.726. The number of rotatable bonds is 2. The van der Waals surface area contributed by atoms with Crippen LogP contribution in [0.2, 0.25) is 0 Å². The second kappa shape index (κ2) is 5.79. The highest BCUT2D eigenvalue weighted by molar-refractivity contribution is 6.08. The van der Waals surface area contributed by atoms with Crippen molar-refractivity contribution >= 4 is 17.5 Å². The van der Waals surface area contributed by atoms with Crippen molar-refractivity contribution in [2.24, 2.45) is 0 Å². The standard InChI is InChI=1S/C17H18N2O4/c1-11-12(8-9-22-11)16(20)19-10-15(17(21)18(2)3)23-14-7-5-4-6-13(14)19/h4-9,15H,10H2,1-3H3. The smallest absolute Gasteiger partial charge is 0.265 e. The molecule has 0 radical (unpaired) electrons. The number of aryl methyl sites for hydroxylation is 1. The van der Waals surface area contributed by atoms with Gasteiger partial charge in [0.05, 0.1) is 24.1 Å². The normalized spacial score (nSPS) is 16.5. The topological polar surface area (TPSA) is 63.0 Å². The van der Waals surface area contributed by atoms with Gasteiger partial charge in [0.15, 0.2) is 6.10 Å². The van der Waals surface area contributed by atoms with E-state index < -0.39 is 6.10 Å². The van der Waals surface area contributed by atoms with Gasteiger partial charge >= 0.3 is 0 Å². The number of hydrogen-bond donors (Lipinski definition) is 0. The SMILES string of the molecule is Cc1occc1C(=O)N1CC(C(=O)N(C)C)Oc2ccccc21. The minimum absolute atomic E-state index is 0.164. The molecule has 0 fully saturated rings. The molecule has 6 heteroatoms. The van der Waals surface area contributed by atoms with Gasteiger partial charge in [-0.3, -0.25) is 9.59 Å². The molecule has 1 aromatic heterocycles. The van der Waals surface area contributed by atoms with E-state index in [1.165, 1.54) is 11.2 Å². The van der Waals surface area contributed by atoms with Crippen LogP contribution in [-0.2, 0) is 4.79 Å². The highest BCUT2D eigenvalue weighted by Gasteiger charge is 2.35. The van der Waals surface area contributed by atoms with E-state index in [2.05, 4.69) is 0 Å². The molecule has 1 aromatic carbocycles. The molecule has 0 spiro atoms. The summed E-state index contributed by atoms with van der Waals surface area (Å²) in [6.45, 7) is 1.90. The van der Waals surface area contributed by atoms with Crippen LogP contribution >= 0.6 is 0 Å². The number of nitrogens with zero attached hydrogens (tertiary/aromatic N) is 2. The van der Waals surface area contributed by atoms with Crippen LogP contribution in [0.3, 0.4) is 0 Å². The first-order valence-corrected chi connectivity index (χ1v) is 7.32. The molecule has 1 aliphatic rings. The number of hydrogen-bond acceptors (Lipinski definition) is 4. The van der Waals surface area contributed by atoms with E-state index in [1.54, 1.807) is 44.1 Å². The summed E-state index contributed by atoms with van der Waals surface area (Å²) in [5, 5.41) is 0. The Morgan fingerprint density at radius 2 is 1.96 bits per heavy atom.